The van der Waals surface area contributed by atoms with Gasteiger partial charge < -0.3 is 23.7 Å². The molecule has 0 unspecified atom stereocenters. The third-order valence-corrected chi connectivity index (χ3v) is 3.91. The Labute approximate surface area is 152 Å². The Balaban J connectivity index is 2.16. The summed E-state index contributed by atoms with van der Waals surface area (Å²) in [5.74, 6) is 1.24. The van der Waals surface area contributed by atoms with E-state index in [9.17, 15) is 9.59 Å². The lowest BCUT2D eigenvalue weighted by Crippen LogP contribution is -2.33. The summed E-state index contributed by atoms with van der Waals surface area (Å²) in [6.45, 7) is 2.65. The van der Waals surface area contributed by atoms with E-state index in [0.717, 1.165) is 5.56 Å². The molecule has 2 rings (SSSR count). The molecule has 7 nitrogen and oxygen atoms in total. The summed E-state index contributed by atoms with van der Waals surface area (Å²) in [5.41, 5.74) is 0.494. The molecular formula is C19H24N2O5. The van der Waals surface area contributed by atoms with Crippen molar-refractivity contribution in [1.82, 2.24) is 9.47 Å². The number of hydrogen-bond donors (Lipinski definition) is 0. The predicted octanol–water partition coefficient (Wildman–Crippen LogP) is 1.92. The van der Waals surface area contributed by atoms with Crippen LogP contribution in [0.4, 0.5) is 0 Å². The van der Waals surface area contributed by atoms with Crippen LogP contribution in [-0.4, -0.2) is 43.2 Å². The number of nitrogens with zero attached hydrogens (tertiary/aromatic N) is 2. The highest BCUT2D eigenvalue weighted by atomic mass is 16.5. The van der Waals surface area contributed by atoms with Gasteiger partial charge in [0.05, 0.1) is 20.8 Å². The van der Waals surface area contributed by atoms with E-state index in [4.69, 9.17) is 14.2 Å². The first-order chi connectivity index (χ1) is 12.5. The third kappa shape index (κ3) is 4.36. The zero-order chi connectivity index (χ0) is 19.1. The number of rotatable bonds is 8. The van der Waals surface area contributed by atoms with Gasteiger partial charge in [0.1, 0.15) is 6.54 Å². The predicted molar refractivity (Wildman–Crippen MR) is 97.9 cm³/mol. The van der Waals surface area contributed by atoms with E-state index in [1.165, 1.54) is 11.7 Å². The highest BCUT2D eigenvalue weighted by Crippen LogP contribution is 2.31. The van der Waals surface area contributed by atoms with Gasteiger partial charge in [0.25, 0.3) is 5.56 Å². The van der Waals surface area contributed by atoms with Crippen LogP contribution in [0.1, 0.15) is 12.5 Å². The van der Waals surface area contributed by atoms with Gasteiger partial charge in [0.2, 0.25) is 5.91 Å². The lowest BCUT2D eigenvalue weighted by atomic mass is 10.1. The molecule has 1 aromatic heterocycles. The molecule has 0 atom stereocenters. The highest BCUT2D eigenvalue weighted by molar-refractivity contribution is 5.75. The average Bonchev–Trinajstić information content (AvgIpc) is 2.64. The number of pyridine rings is 1. The number of aromatic nitrogens is 1. The van der Waals surface area contributed by atoms with Crippen LogP contribution in [0, 0.1) is 0 Å². The fourth-order valence-electron chi connectivity index (χ4n) is 2.56. The van der Waals surface area contributed by atoms with Gasteiger partial charge in [-0.25, -0.2) is 0 Å². The summed E-state index contributed by atoms with van der Waals surface area (Å²) in [5, 5.41) is 0. The lowest BCUT2D eigenvalue weighted by Gasteiger charge is -2.21. The maximum atomic E-state index is 12.5. The molecule has 26 heavy (non-hydrogen) atoms. The number of amides is 1. The second kappa shape index (κ2) is 8.94. The summed E-state index contributed by atoms with van der Waals surface area (Å²) in [6.07, 6.45) is 1.56. The largest absolute Gasteiger partial charge is 0.493 e. The van der Waals surface area contributed by atoms with Crippen LogP contribution in [0.2, 0.25) is 0 Å². The van der Waals surface area contributed by atoms with Crippen molar-refractivity contribution in [1.29, 1.82) is 0 Å². The fourth-order valence-corrected chi connectivity index (χ4v) is 2.56. The first-order valence-electron chi connectivity index (χ1n) is 8.27. The van der Waals surface area contributed by atoms with Crippen LogP contribution in [0.3, 0.4) is 0 Å². The van der Waals surface area contributed by atoms with E-state index >= 15 is 0 Å². The Morgan fingerprint density at radius 3 is 2.46 bits per heavy atom. The van der Waals surface area contributed by atoms with Crippen LogP contribution in [-0.2, 0) is 17.9 Å². The smallest absolute Gasteiger partial charge is 0.293 e. The molecule has 0 saturated carbocycles. The van der Waals surface area contributed by atoms with E-state index in [1.54, 1.807) is 37.4 Å². The first-order valence-corrected chi connectivity index (χ1v) is 8.27. The summed E-state index contributed by atoms with van der Waals surface area (Å²) < 4.78 is 17.3. The number of methoxy groups -OCH3 is 2. The van der Waals surface area contributed by atoms with Crippen LogP contribution >= 0.6 is 0 Å². The van der Waals surface area contributed by atoms with E-state index in [-0.39, 0.29) is 23.8 Å². The minimum absolute atomic E-state index is 0.0690. The number of hydrogen-bond acceptors (Lipinski definition) is 5. The van der Waals surface area contributed by atoms with Gasteiger partial charge in [-0.15, -0.1) is 0 Å². The number of para-hydroxylation sites is 1. The van der Waals surface area contributed by atoms with Gasteiger partial charge in [-0.3, -0.25) is 9.59 Å². The van der Waals surface area contributed by atoms with Crippen molar-refractivity contribution < 1.29 is 19.0 Å². The number of carbonyl (C=O) groups is 1. The van der Waals surface area contributed by atoms with Crippen molar-refractivity contribution in [2.24, 2.45) is 0 Å². The second-order valence-electron chi connectivity index (χ2n) is 5.64. The number of ether oxygens (including phenoxy) is 3. The van der Waals surface area contributed by atoms with E-state index in [1.807, 2.05) is 25.1 Å². The molecular weight excluding hydrogens is 336 g/mol. The first kappa shape index (κ1) is 19.4. The van der Waals surface area contributed by atoms with Gasteiger partial charge in [0.15, 0.2) is 17.2 Å². The molecule has 0 aliphatic rings. The van der Waals surface area contributed by atoms with Crippen molar-refractivity contribution >= 4 is 5.91 Å². The van der Waals surface area contributed by atoms with Crippen molar-refractivity contribution in [2.45, 2.75) is 20.0 Å². The second-order valence-corrected chi connectivity index (χ2v) is 5.64. The van der Waals surface area contributed by atoms with Crippen molar-refractivity contribution in [3.8, 4) is 17.2 Å². The van der Waals surface area contributed by atoms with Crippen molar-refractivity contribution in [2.75, 3.05) is 27.9 Å². The molecule has 0 fully saturated rings. The van der Waals surface area contributed by atoms with Gasteiger partial charge in [-0.2, -0.15) is 0 Å². The van der Waals surface area contributed by atoms with Crippen LogP contribution in [0.15, 0.2) is 41.3 Å². The SMILES string of the molecule is CCOc1c(CN(C)C(=O)Cn2cccc(OC)c2=O)cccc1OC. The molecule has 7 heteroatoms. The summed E-state index contributed by atoms with van der Waals surface area (Å²) >= 11 is 0. The van der Waals surface area contributed by atoms with Gasteiger partial charge in [-0.05, 0) is 25.1 Å². The van der Waals surface area contributed by atoms with E-state index < -0.39 is 0 Å². The Morgan fingerprint density at radius 1 is 1.12 bits per heavy atom. The molecule has 0 saturated heterocycles. The molecule has 0 aliphatic heterocycles. The van der Waals surface area contributed by atoms with E-state index in [2.05, 4.69) is 0 Å². The van der Waals surface area contributed by atoms with Gasteiger partial charge >= 0.3 is 0 Å². The van der Waals surface area contributed by atoms with Crippen LogP contribution in [0.25, 0.3) is 0 Å². The van der Waals surface area contributed by atoms with Crippen molar-refractivity contribution in [3.63, 3.8) is 0 Å². The maximum Gasteiger partial charge on any atom is 0.293 e. The quantitative estimate of drug-likeness (QED) is 0.719. The monoisotopic (exact) mass is 360 g/mol. The zero-order valence-electron chi connectivity index (χ0n) is 15.5. The standard InChI is InChI=1S/C19H24N2O5/c1-5-26-18-14(8-6-9-15(18)24-3)12-20(2)17(22)13-21-11-7-10-16(25-4)19(21)23/h6-11H,5,12-13H2,1-4H3. The molecule has 1 amide bonds. The lowest BCUT2D eigenvalue weighted by molar-refractivity contribution is -0.131. The van der Waals surface area contributed by atoms with E-state index in [0.29, 0.717) is 24.7 Å². The minimum Gasteiger partial charge on any atom is -0.493 e. The molecule has 2 aromatic rings. The maximum absolute atomic E-state index is 12.5. The molecule has 0 bridgehead atoms. The molecule has 140 valence electrons. The van der Waals surface area contributed by atoms with Gasteiger partial charge in [0, 0.05) is 25.4 Å². The molecule has 0 N–H and O–H groups in total. The molecule has 0 spiro atoms. The summed E-state index contributed by atoms with van der Waals surface area (Å²) in [7, 11) is 4.68. The van der Waals surface area contributed by atoms with Crippen LogP contribution < -0.4 is 19.8 Å². The Bertz CT molecular complexity index is 816. The van der Waals surface area contributed by atoms with Crippen molar-refractivity contribution in [3.05, 3.63) is 52.4 Å². The third-order valence-electron chi connectivity index (χ3n) is 3.91. The Morgan fingerprint density at radius 2 is 1.81 bits per heavy atom. The Kier molecular flexibility index (Phi) is 6.66. The normalized spacial score (nSPS) is 10.3. The van der Waals surface area contributed by atoms with Gasteiger partial charge in [-0.1, -0.05) is 12.1 Å². The Hall–Kier alpha value is -2.96. The molecule has 1 heterocycles. The summed E-state index contributed by atoms with van der Waals surface area (Å²) in [4.78, 5) is 26.3. The van der Waals surface area contributed by atoms with Crippen LogP contribution in [0.5, 0.6) is 17.2 Å². The topological polar surface area (TPSA) is 70.0 Å². The average molecular weight is 360 g/mol. The fraction of sp³-hybridized carbons (Fsp3) is 0.368. The number of likely N-dealkylation sites (N-methyl/N-ethyl adjacent to an activating group) is 1. The zero-order valence-corrected chi connectivity index (χ0v) is 15.5. The molecule has 0 radical (unpaired) electrons. The highest BCUT2D eigenvalue weighted by Gasteiger charge is 2.16. The number of benzene rings is 1. The number of carbonyl (C=O) groups excluding carboxylic acids is 1. The summed E-state index contributed by atoms with van der Waals surface area (Å²) in [6, 6.07) is 8.78. The molecule has 0 aliphatic carbocycles. The minimum atomic E-state index is -0.340. The molecule has 1 aromatic carbocycles.